The maximum atomic E-state index is 11.6. The fourth-order valence-corrected chi connectivity index (χ4v) is 2.27. The molecule has 2 rings (SSSR count). The number of aromatic nitrogens is 3. The van der Waals surface area contributed by atoms with Gasteiger partial charge in [-0.05, 0) is 18.8 Å². The Morgan fingerprint density at radius 1 is 1.41 bits per heavy atom. The summed E-state index contributed by atoms with van der Waals surface area (Å²) in [4.78, 5) is 11.6. The maximum Gasteiger partial charge on any atom is 0.316 e. The van der Waals surface area contributed by atoms with Gasteiger partial charge in [-0.1, -0.05) is 13.8 Å². The van der Waals surface area contributed by atoms with E-state index in [-0.39, 0.29) is 5.92 Å². The van der Waals surface area contributed by atoms with Gasteiger partial charge in [0.15, 0.2) is 0 Å². The van der Waals surface area contributed by atoms with Crippen LogP contribution in [0.3, 0.4) is 0 Å². The smallest absolute Gasteiger partial charge is 0.316 e. The van der Waals surface area contributed by atoms with E-state index in [0.29, 0.717) is 31.7 Å². The molecule has 0 radical (unpaired) electrons. The fourth-order valence-electron chi connectivity index (χ4n) is 2.27. The molecule has 0 spiro atoms. The molecule has 2 heterocycles. The Bertz CT molecular complexity index is 408. The topological polar surface area (TPSA) is 88.1 Å². The molecular formula is C11H17N3O3. The van der Waals surface area contributed by atoms with Crippen LogP contribution in [-0.4, -0.2) is 39.7 Å². The number of H-pyrrole nitrogens is 1. The van der Waals surface area contributed by atoms with Crippen molar-refractivity contribution in [3.63, 3.8) is 0 Å². The summed E-state index contributed by atoms with van der Waals surface area (Å²) in [5.41, 5.74) is 0.378. The van der Waals surface area contributed by atoms with Gasteiger partial charge in [0, 0.05) is 13.2 Å². The van der Waals surface area contributed by atoms with Crippen LogP contribution in [0.5, 0.6) is 0 Å². The Balaban J connectivity index is 2.45. The Morgan fingerprint density at radius 2 is 2.06 bits per heavy atom. The molecule has 1 saturated heterocycles. The molecule has 0 unspecified atom stereocenters. The van der Waals surface area contributed by atoms with Crippen molar-refractivity contribution in [1.82, 2.24) is 15.4 Å². The number of carboxylic acids is 1. The molecule has 0 aromatic carbocycles. The molecule has 17 heavy (non-hydrogen) atoms. The highest BCUT2D eigenvalue weighted by Gasteiger charge is 2.46. The first kappa shape index (κ1) is 12.0. The van der Waals surface area contributed by atoms with E-state index in [2.05, 4.69) is 15.4 Å². The molecule has 1 fully saturated rings. The first-order valence-corrected chi connectivity index (χ1v) is 5.80. The number of aliphatic carboxylic acids is 1. The molecule has 6 heteroatoms. The number of ether oxygens (including phenoxy) is 1. The molecule has 94 valence electrons. The normalized spacial score (nSPS) is 19.5. The summed E-state index contributed by atoms with van der Waals surface area (Å²) in [5.74, 6) is -0.681. The van der Waals surface area contributed by atoms with Crippen molar-refractivity contribution < 1.29 is 14.6 Å². The minimum atomic E-state index is -0.940. The van der Waals surface area contributed by atoms with Crippen LogP contribution in [0, 0.1) is 0 Å². The molecule has 0 amide bonds. The monoisotopic (exact) mass is 239 g/mol. The van der Waals surface area contributed by atoms with Crippen LogP contribution in [0.15, 0.2) is 0 Å². The Morgan fingerprint density at radius 3 is 2.59 bits per heavy atom. The van der Waals surface area contributed by atoms with Crippen LogP contribution in [0.25, 0.3) is 0 Å². The summed E-state index contributed by atoms with van der Waals surface area (Å²) in [5, 5.41) is 20.2. The van der Waals surface area contributed by atoms with Crippen molar-refractivity contribution in [2.45, 2.75) is 38.0 Å². The van der Waals surface area contributed by atoms with Crippen molar-refractivity contribution in [2.24, 2.45) is 0 Å². The van der Waals surface area contributed by atoms with Crippen LogP contribution in [0.4, 0.5) is 0 Å². The van der Waals surface area contributed by atoms with Gasteiger partial charge in [-0.15, -0.1) is 0 Å². The standard InChI is InChI=1S/C11H17N3O3/c1-7(2)8-9(13-14-12-8)11(10(15)16)3-5-17-6-4-11/h7H,3-6H2,1-2H3,(H,15,16)(H,12,13,14). The zero-order valence-corrected chi connectivity index (χ0v) is 10.1. The molecule has 6 nitrogen and oxygen atoms in total. The average Bonchev–Trinajstić information content (AvgIpc) is 2.79. The van der Waals surface area contributed by atoms with E-state index in [1.54, 1.807) is 0 Å². The van der Waals surface area contributed by atoms with Gasteiger partial charge in [-0.25, -0.2) is 0 Å². The van der Waals surface area contributed by atoms with E-state index in [4.69, 9.17) is 4.74 Å². The Labute approximate surface area is 99.4 Å². The fraction of sp³-hybridized carbons (Fsp3) is 0.727. The number of aromatic amines is 1. The van der Waals surface area contributed by atoms with Crippen molar-refractivity contribution in [3.8, 4) is 0 Å². The van der Waals surface area contributed by atoms with Gasteiger partial charge in [0.2, 0.25) is 0 Å². The molecule has 0 aliphatic carbocycles. The van der Waals surface area contributed by atoms with E-state index >= 15 is 0 Å². The van der Waals surface area contributed by atoms with E-state index in [1.807, 2.05) is 13.8 Å². The summed E-state index contributed by atoms with van der Waals surface area (Å²) in [6.07, 6.45) is 0.906. The Hall–Kier alpha value is -1.43. The zero-order valence-electron chi connectivity index (χ0n) is 10.1. The second kappa shape index (κ2) is 4.44. The van der Waals surface area contributed by atoms with E-state index in [9.17, 15) is 9.90 Å². The number of carboxylic acid groups (broad SMARTS) is 1. The van der Waals surface area contributed by atoms with Crippen LogP contribution < -0.4 is 0 Å². The van der Waals surface area contributed by atoms with Gasteiger partial charge >= 0.3 is 5.97 Å². The molecule has 0 bridgehead atoms. The number of hydrogen-bond donors (Lipinski definition) is 2. The van der Waals surface area contributed by atoms with Gasteiger partial charge in [-0.3, -0.25) is 4.79 Å². The highest BCUT2D eigenvalue weighted by molar-refractivity contribution is 5.81. The molecule has 0 atom stereocenters. The maximum absolute atomic E-state index is 11.6. The third-order valence-electron chi connectivity index (χ3n) is 3.33. The van der Waals surface area contributed by atoms with Crippen molar-refractivity contribution in [2.75, 3.05) is 13.2 Å². The minimum absolute atomic E-state index is 0.155. The first-order valence-electron chi connectivity index (χ1n) is 5.80. The second-order valence-electron chi connectivity index (χ2n) is 4.71. The molecule has 1 aromatic rings. The van der Waals surface area contributed by atoms with Crippen LogP contribution in [0.2, 0.25) is 0 Å². The molecule has 1 aromatic heterocycles. The highest BCUT2D eigenvalue weighted by Crippen LogP contribution is 2.37. The number of hydrogen-bond acceptors (Lipinski definition) is 4. The molecular weight excluding hydrogens is 222 g/mol. The lowest BCUT2D eigenvalue weighted by Gasteiger charge is -2.32. The molecule has 0 saturated carbocycles. The molecule has 2 N–H and O–H groups in total. The van der Waals surface area contributed by atoms with Crippen molar-refractivity contribution >= 4 is 5.97 Å². The second-order valence-corrected chi connectivity index (χ2v) is 4.71. The van der Waals surface area contributed by atoms with Gasteiger partial charge in [0.1, 0.15) is 11.1 Å². The number of nitrogens with zero attached hydrogens (tertiary/aromatic N) is 2. The number of carbonyl (C=O) groups is 1. The summed E-state index contributed by atoms with van der Waals surface area (Å²) in [6, 6.07) is 0. The average molecular weight is 239 g/mol. The summed E-state index contributed by atoms with van der Waals surface area (Å²) in [7, 11) is 0. The molecule has 1 aliphatic heterocycles. The van der Waals surface area contributed by atoms with Crippen molar-refractivity contribution in [3.05, 3.63) is 11.4 Å². The zero-order chi connectivity index (χ0) is 12.5. The lowest BCUT2D eigenvalue weighted by atomic mass is 9.75. The lowest BCUT2D eigenvalue weighted by molar-refractivity contribution is -0.148. The van der Waals surface area contributed by atoms with Crippen LogP contribution in [-0.2, 0) is 14.9 Å². The minimum Gasteiger partial charge on any atom is -0.481 e. The van der Waals surface area contributed by atoms with Crippen LogP contribution >= 0.6 is 0 Å². The Kier molecular flexibility index (Phi) is 3.15. The van der Waals surface area contributed by atoms with E-state index in [0.717, 1.165) is 5.69 Å². The predicted octanol–water partition coefficient (Wildman–Crippen LogP) is 1.06. The lowest BCUT2D eigenvalue weighted by Crippen LogP contribution is -2.42. The quantitative estimate of drug-likeness (QED) is 0.823. The largest absolute Gasteiger partial charge is 0.481 e. The summed E-state index contributed by atoms with van der Waals surface area (Å²) >= 11 is 0. The van der Waals surface area contributed by atoms with E-state index < -0.39 is 11.4 Å². The molecule has 1 aliphatic rings. The third-order valence-corrected chi connectivity index (χ3v) is 3.33. The highest BCUT2D eigenvalue weighted by atomic mass is 16.5. The van der Waals surface area contributed by atoms with Gasteiger partial charge < -0.3 is 9.84 Å². The number of rotatable bonds is 3. The first-order chi connectivity index (χ1) is 8.08. The van der Waals surface area contributed by atoms with Gasteiger partial charge in [0.25, 0.3) is 0 Å². The third kappa shape index (κ3) is 1.93. The van der Waals surface area contributed by atoms with Crippen molar-refractivity contribution in [1.29, 1.82) is 0 Å². The van der Waals surface area contributed by atoms with Gasteiger partial charge in [0.05, 0.1) is 5.69 Å². The van der Waals surface area contributed by atoms with Crippen LogP contribution in [0.1, 0.15) is 44.0 Å². The SMILES string of the molecule is CC(C)c1n[nH]nc1C1(C(=O)O)CCOCC1. The van der Waals surface area contributed by atoms with E-state index in [1.165, 1.54) is 0 Å². The number of nitrogens with one attached hydrogen (secondary N) is 1. The van der Waals surface area contributed by atoms with Gasteiger partial charge in [-0.2, -0.15) is 15.4 Å². The predicted molar refractivity (Wildman–Crippen MR) is 59.8 cm³/mol. The summed E-state index contributed by atoms with van der Waals surface area (Å²) < 4.78 is 5.25. The summed E-state index contributed by atoms with van der Waals surface area (Å²) in [6.45, 7) is 4.87.